The number of rotatable bonds is 5. The van der Waals surface area contributed by atoms with Gasteiger partial charge in [-0.3, -0.25) is 4.79 Å². The largest absolute Gasteiger partial charge is 0.496 e. The minimum Gasteiger partial charge on any atom is -0.496 e. The number of nitrogens with zero attached hydrogens (tertiary/aromatic N) is 1. The fraction of sp³-hybridized carbons (Fsp3) is 0.286. The maximum absolute atomic E-state index is 12.4. The molecule has 0 bridgehead atoms. The molecule has 20 heavy (non-hydrogen) atoms. The van der Waals surface area contributed by atoms with Crippen LogP contribution in [0.2, 0.25) is 0 Å². The summed E-state index contributed by atoms with van der Waals surface area (Å²) in [6.45, 7) is 2.02. The van der Waals surface area contributed by atoms with Crippen LogP contribution in [0.15, 0.2) is 34.2 Å². The highest BCUT2D eigenvalue weighted by atomic mass is 79.9. The SMILES string of the molecule is CCC(NC(=O)c1ccc(Br)cc1OC)c1nccs1. The van der Waals surface area contributed by atoms with E-state index in [0.717, 1.165) is 15.9 Å². The van der Waals surface area contributed by atoms with Crippen LogP contribution in [0.1, 0.15) is 34.8 Å². The van der Waals surface area contributed by atoms with Crippen molar-refractivity contribution < 1.29 is 9.53 Å². The molecule has 106 valence electrons. The standard InChI is InChI=1S/C14H15BrN2O2S/c1-3-11(14-16-6-7-20-14)17-13(18)10-5-4-9(15)8-12(10)19-2/h4-8,11H,3H2,1-2H3,(H,17,18). The van der Waals surface area contributed by atoms with E-state index < -0.39 is 0 Å². The van der Waals surface area contributed by atoms with Gasteiger partial charge in [-0.05, 0) is 24.6 Å². The zero-order valence-corrected chi connectivity index (χ0v) is 13.6. The summed E-state index contributed by atoms with van der Waals surface area (Å²) >= 11 is 4.90. The Kier molecular flexibility index (Phi) is 5.14. The number of carbonyl (C=O) groups is 1. The van der Waals surface area contributed by atoms with Crippen LogP contribution in [0, 0.1) is 0 Å². The van der Waals surface area contributed by atoms with Gasteiger partial charge in [0.25, 0.3) is 5.91 Å². The molecule has 0 aliphatic carbocycles. The molecule has 0 saturated heterocycles. The molecule has 2 rings (SSSR count). The molecule has 0 spiro atoms. The average molecular weight is 355 g/mol. The first kappa shape index (κ1) is 15.0. The number of hydrogen-bond donors (Lipinski definition) is 1. The highest BCUT2D eigenvalue weighted by Crippen LogP contribution is 2.25. The van der Waals surface area contributed by atoms with Gasteiger partial charge in [0.15, 0.2) is 0 Å². The number of methoxy groups -OCH3 is 1. The molecule has 1 atom stereocenters. The van der Waals surface area contributed by atoms with Gasteiger partial charge in [0.1, 0.15) is 10.8 Å². The Morgan fingerprint density at radius 1 is 1.55 bits per heavy atom. The molecule has 0 saturated carbocycles. The summed E-state index contributed by atoms with van der Waals surface area (Å²) in [4.78, 5) is 16.6. The zero-order chi connectivity index (χ0) is 14.5. The second kappa shape index (κ2) is 6.85. The molecule has 0 aliphatic rings. The van der Waals surface area contributed by atoms with Crippen LogP contribution >= 0.6 is 27.3 Å². The number of halogens is 1. The van der Waals surface area contributed by atoms with Gasteiger partial charge in [-0.1, -0.05) is 22.9 Å². The fourth-order valence-corrected chi connectivity index (χ4v) is 2.95. The molecule has 4 nitrogen and oxygen atoms in total. The summed E-state index contributed by atoms with van der Waals surface area (Å²) in [5, 5.41) is 5.81. The van der Waals surface area contributed by atoms with Crippen molar-refractivity contribution in [2.75, 3.05) is 7.11 Å². The number of aromatic nitrogens is 1. The van der Waals surface area contributed by atoms with Crippen molar-refractivity contribution >= 4 is 33.2 Å². The molecule has 1 aromatic carbocycles. The summed E-state index contributed by atoms with van der Waals surface area (Å²) in [5.74, 6) is 0.391. The number of thiazole rings is 1. The van der Waals surface area contributed by atoms with Crippen LogP contribution in [-0.2, 0) is 0 Å². The Labute approximate surface area is 130 Å². The quantitative estimate of drug-likeness (QED) is 0.888. The Bertz CT molecular complexity index is 587. The van der Waals surface area contributed by atoms with E-state index >= 15 is 0 Å². The number of hydrogen-bond acceptors (Lipinski definition) is 4. The Balaban J connectivity index is 2.19. The Morgan fingerprint density at radius 3 is 2.95 bits per heavy atom. The predicted octanol–water partition coefficient (Wildman–Crippen LogP) is 3.80. The lowest BCUT2D eigenvalue weighted by Gasteiger charge is -2.16. The van der Waals surface area contributed by atoms with Crippen molar-refractivity contribution in [3.05, 3.63) is 44.8 Å². The highest BCUT2D eigenvalue weighted by molar-refractivity contribution is 9.10. The molecule has 0 fully saturated rings. The van der Waals surface area contributed by atoms with Crippen molar-refractivity contribution in [2.45, 2.75) is 19.4 Å². The fourth-order valence-electron chi connectivity index (χ4n) is 1.83. The maximum atomic E-state index is 12.4. The summed E-state index contributed by atoms with van der Waals surface area (Å²) in [7, 11) is 1.55. The Hall–Kier alpha value is -1.40. The first-order chi connectivity index (χ1) is 9.65. The van der Waals surface area contributed by atoms with E-state index in [2.05, 4.69) is 26.2 Å². The van der Waals surface area contributed by atoms with Crippen LogP contribution in [0.25, 0.3) is 0 Å². The van der Waals surface area contributed by atoms with Gasteiger partial charge in [0.2, 0.25) is 0 Å². The number of benzene rings is 1. The van der Waals surface area contributed by atoms with Gasteiger partial charge < -0.3 is 10.1 Å². The first-order valence-electron chi connectivity index (χ1n) is 6.19. The molecule has 1 N–H and O–H groups in total. The molecular weight excluding hydrogens is 340 g/mol. The lowest BCUT2D eigenvalue weighted by atomic mass is 10.1. The minimum atomic E-state index is -0.156. The van der Waals surface area contributed by atoms with Gasteiger partial charge in [-0.2, -0.15) is 0 Å². The normalized spacial score (nSPS) is 11.9. The summed E-state index contributed by atoms with van der Waals surface area (Å²) in [5.41, 5.74) is 0.519. The second-order valence-electron chi connectivity index (χ2n) is 4.15. The maximum Gasteiger partial charge on any atom is 0.255 e. The molecule has 0 aliphatic heterocycles. The summed E-state index contributed by atoms with van der Waals surface area (Å²) < 4.78 is 6.12. The van der Waals surface area contributed by atoms with E-state index in [1.54, 1.807) is 36.8 Å². The van der Waals surface area contributed by atoms with Gasteiger partial charge >= 0.3 is 0 Å². The van der Waals surface area contributed by atoms with Gasteiger partial charge in [0, 0.05) is 16.0 Å². The van der Waals surface area contributed by atoms with Crippen LogP contribution in [0.4, 0.5) is 0 Å². The van der Waals surface area contributed by atoms with Crippen molar-refractivity contribution in [2.24, 2.45) is 0 Å². The third kappa shape index (κ3) is 3.37. The highest BCUT2D eigenvalue weighted by Gasteiger charge is 2.18. The van der Waals surface area contributed by atoms with E-state index in [0.29, 0.717) is 11.3 Å². The third-order valence-electron chi connectivity index (χ3n) is 2.87. The monoisotopic (exact) mass is 354 g/mol. The Morgan fingerprint density at radius 2 is 2.35 bits per heavy atom. The van der Waals surface area contributed by atoms with E-state index in [-0.39, 0.29) is 11.9 Å². The topological polar surface area (TPSA) is 51.2 Å². The predicted molar refractivity (Wildman–Crippen MR) is 83.3 cm³/mol. The van der Waals surface area contributed by atoms with Gasteiger partial charge in [0.05, 0.1) is 18.7 Å². The van der Waals surface area contributed by atoms with Gasteiger partial charge in [-0.15, -0.1) is 11.3 Å². The zero-order valence-electron chi connectivity index (χ0n) is 11.2. The van der Waals surface area contributed by atoms with Crippen molar-refractivity contribution in [3.8, 4) is 5.75 Å². The summed E-state index contributed by atoms with van der Waals surface area (Å²) in [6, 6.07) is 5.27. The molecule has 6 heteroatoms. The lowest BCUT2D eigenvalue weighted by molar-refractivity contribution is 0.0932. The van der Waals surface area contributed by atoms with Crippen LogP contribution in [0.5, 0.6) is 5.75 Å². The minimum absolute atomic E-state index is 0.0733. The van der Waals surface area contributed by atoms with Crippen molar-refractivity contribution in [1.29, 1.82) is 0 Å². The molecule has 0 radical (unpaired) electrons. The second-order valence-corrected chi connectivity index (χ2v) is 5.99. The van der Waals surface area contributed by atoms with E-state index in [1.165, 1.54) is 0 Å². The van der Waals surface area contributed by atoms with E-state index in [4.69, 9.17) is 4.74 Å². The van der Waals surface area contributed by atoms with Crippen LogP contribution in [-0.4, -0.2) is 18.0 Å². The number of carbonyl (C=O) groups excluding carboxylic acids is 1. The molecular formula is C14H15BrN2O2S. The molecule has 1 heterocycles. The first-order valence-corrected chi connectivity index (χ1v) is 7.86. The van der Waals surface area contributed by atoms with Gasteiger partial charge in [-0.25, -0.2) is 4.98 Å². The molecule has 1 unspecified atom stereocenters. The van der Waals surface area contributed by atoms with Crippen molar-refractivity contribution in [1.82, 2.24) is 10.3 Å². The third-order valence-corrected chi connectivity index (χ3v) is 4.25. The van der Waals surface area contributed by atoms with Crippen LogP contribution in [0.3, 0.4) is 0 Å². The lowest BCUT2D eigenvalue weighted by Crippen LogP contribution is -2.28. The summed E-state index contributed by atoms with van der Waals surface area (Å²) in [6.07, 6.45) is 2.53. The number of nitrogens with one attached hydrogen (secondary N) is 1. The van der Waals surface area contributed by atoms with E-state index in [9.17, 15) is 4.79 Å². The molecule has 2 aromatic rings. The number of amides is 1. The van der Waals surface area contributed by atoms with E-state index in [1.807, 2.05) is 18.4 Å². The van der Waals surface area contributed by atoms with Crippen molar-refractivity contribution in [3.63, 3.8) is 0 Å². The number of ether oxygens (including phenoxy) is 1. The molecule has 1 amide bonds. The average Bonchev–Trinajstić information content (AvgIpc) is 2.98. The molecule has 1 aromatic heterocycles. The van der Waals surface area contributed by atoms with Crippen LogP contribution < -0.4 is 10.1 Å². The smallest absolute Gasteiger partial charge is 0.255 e.